The van der Waals surface area contributed by atoms with E-state index in [0.717, 1.165) is 31.4 Å². The largest absolute Gasteiger partial charge is 0.334 e. The number of carbonyl (C=O) groups excluding carboxylic acids is 2. The van der Waals surface area contributed by atoms with Gasteiger partial charge in [0, 0.05) is 25.7 Å². The Kier molecular flexibility index (Phi) is 6.80. The van der Waals surface area contributed by atoms with Crippen LogP contribution in [0.25, 0.3) is 0 Å². The zero-order chi connectivity index (χ0) is 19.9. The van der Waals surface area contributed by atoms with Gasteiger partial charge in [-0.1, -0.05) is 43.3 Å². The fraction of sp³-hybridized carbons (Fsp3) is 0.435. The summed E-state index contributed by atoms with van der Waals surface area (Å²) in [6, 6.07) is 15.3. The quantitative estimate of drug-likeness (QED) is 0.758. The van der Waals surface area contributed by atoms with Crippen molar-refractivity contribution >= 4 is 11.8 Å². The lowest BCUT2D eigenvalue weighted by Crippen LogP contribution is -2.43. The van der Waals surface area contributed by atoms with Crippen LogP contribution in [-0.2, 0) is 6.54 Å². The van der Waals surface area contributed by atoms with Crippen LogP contribution in [0.5, 0.6) is 0 Å². The Balaban J connectivity index is 1.77. The molecule has 3 rings (SSSR count). The summed E-state index contributed by atoms with van der Waals surface area (Å²) in [6.07, 6.45) is 4.19. The number of hydrogen-bond donors (Lipinski definition) is 0. The molecule has 2 aromatic rings. The summed E-state index contributed by atoms with van der Waals surface area (Å²) < 4.78 is 0. The molecule has 1 aliphatic rings. The first-order chi connectivity index (χ1) is 13.6. The van der Waals surface area contributed by atoms with Crippen LogP contribution in [0.15, 0.2) is 48.5 Å². The molecule has 2 heterocycles. The van der Waals surface area contributed by atoms with Gasteiger partial charge in [-0.15, -0.1) is 0 Å². The molecule has 5 nitrogen and oxygen atoms in total. The van der Waals surface area contributed by atoms with E-state index in [0.29, 0.717) is 24.5 Å². The number of benzene rings is 1. The van der Waals surface area contributed by atoms with Crippen LogP contribution < -0.4 is 0 Å². The highest BCUT2D eigenvalue weighted by atomic mass is 16.2. The van der Waals surface area contributed by atoms with E-state index in [4.69, 9.17) is 0 Å². The minimum Gasteiger partial charge on any atom is -0.334 e. The van der Waals surface area contributed by atoms with Gasteiger partial charge in [-0.3, -0.25) is 9.59 Å². The van der Waals surface area contributed by atoms with E-state index < -0.39 is 0 Å². The van der Waals surface area contributed by atoms with Crippen molar-refractivity contribution in [3.8, 4) is 0 Å². The molecule has 1 atom stereocenters. The molecule has 0 bridgehead atoms. The molecule has 148 valence electrons. The summed E-state index contributed by atoms with van der Waals surface area (Å²) in [5, 5.41) is 0. The number of hydrogen-bond acceptors (Lipinski definition) is 3. The second-order valence-electron chi connectivity index (χ2n) is 7.27. The van der Waals surface area contributed by atoms with Crippen molar-refractivity contribution in [3.63, 3.8) is 0 Å². The third kappa shape index (κ3) is 4.58. The first-order valence-electron chi connectivity index (χ1n) is 10.2. The third-order valence-corrected chi connectivity index (χ3v) is 5.43. The Morgan fingerprint density at radius 3 is 2.50 bits per heavy atom. The molecule has 2 amide bonds. The molecular formula is C23H29N3O2. The number of aromatic nitrogens is 1. The lowest BCUT2D eigenvalue weighted by molar-refractivity contribution is 0.0601. The van der Waals surface area contributed by atoms with Crippen LogP contribution in [0, 0.1) is 0 Å². The van der Waals surface area contributed by atoms with E-state index in [1.165, 1.54) is 6.42 Å². The van der Waals surface area contributed by atoms with E-state index >= 15 is 0 Å². The molecule has 1 saturated heterocycles. The van der Waals surface area contributed by atoms with Gasteiger partial charge in [0.25, 0.3) is 11.8 Å². The van der Waals surface area contributed by atoms with E-state index in [-0.39, 0.29) is 17.9 Å². The van der Waals surface area contributed by atoms with Crippen molar-refractivity contribution in [1.29, 1.82) is 0 Å². The monoisotopic (exact) mass is 379 g/mol. The normalized spacial score (nSPS) is 16.6. The minimum atomic E-state index is -0.147. The lowest BCUT2D eigenvalue weighted by atomic mass is 9.99. The number of nitrogens with zero attached hydrogens (tertiary/aromatic N) is 3. The van der Waals surface area contributed by atoms with Crippen LogP contribution in [0.2, 0.25) is 0 Å². The predicted molar refractivity (Wildman–Crippen MR) is 110 cm³/mol. The van der Waals surface area contributed by atoms with Crippen molar-refractivity contribution in [2.45, 2.75) is 52.1 Å². The van der Waals surface area contributed by atoms with Crippen LogP contribution in [0.4, 0.5) is 0 Å². The number of amides is 2. The van der Waals surface area contributed by atoms with Crippen LogP contribution in [0.3, 0.4) is 0 Å². The highest BCUT2D eigenvalue weighted by Crippen LogP contribution is 2.21. The molecule has 0 aliphatic carbocycles. The Morgan fingerprint density at radius 1 is 1.04 bits per heavy atom. The molecule has 1 aromatic carbocycles. The highest BCUT2D eigenvalue weighted by molar-refractivity contribution is 5.96. The topological polar surface area (TPSA) is 53.5 Å². The number of carbonyl (C=O) groups is 2. The SMILES string of the molecule is CCC1CCCCN1C(=O)c1cccc(C(=O)N(CC)Cc2ccccc2)n1. The standard InChI is InChI=1S/C23H29N3O2/c1-3-19-13-8-9-16-26(19)23(28)21-15-10-14-20(24-21)22(27)25(4-2)17-18-11-6-5-7-12-18/h5-7,10-12,14-15,19H,3-4,8-9,13,16-17H2,1-2H3. The predicted octanol–water partition coefficient (Wildman–Crippen LogP) is 4.15. The van der Waals surface area contributed by atoms with Crippen LogP contribution in [0.1, 0.15) is 66.1 Å². The molecule has 0 N–H and O–H groups in total. The minimum absolute atomic E-state index is 0.0627. The zero-order valence-electron chi connectivity index (χ0n) is 16.8. The number of piperidine rings is 1. The third-order valence-electron chi connectivity index (χ3n) is 5.43. The first kappa shape index (κ1) is 20.1. The van der Waals surface area contributed by atoms with Gasteiger partial charge in [0.15, 0.2) is 0 Å². The summed E-state index contributed by atoms with van der Waals surface area (Å²) in [4.78, 5) is 34.1. The van der Waals surface area contributed by atoms with Crippen molar-refractivity contribution in [2.24, 2.45) is 0 Å². The zero-order valence-corrected chi connectivity index (χ0v) is 16.8. The number of pyridine rings is 1. The Labute approximate surface area is 167 Å². The molecule has 1 unspecified atom stereocenters. The molecule has 1 aromatic heterocycles. The maximum atomic E-state index is 13.0. The van der Waals surface area contributed by atoms with Gasteiger partial charge in [0.1, 0.15) is 11.4 Å². The van der Waals surface area contributed by atoms with Gasteiger partial charge in [-0.2, -0.15) is 0 Å². The second-order valence-corrected chi connectivity index (χ2v) is 7.27. The lowest BCUT2D eigenvalue weighted by Gasteiger charge is -2.35. The van der Waals surface area contributed by atoms with E-state index in [9.17, 15) is 9.59 Å². The molecule has 1 aliphatic heterocycles. The van der Waals surface area contributed by atoms with Gasteiger partial charge in [-0.05, 0) is 50.3 Å². The Hall–Kier alpha value is -2.69. The first-order valence-corrected chi connectivity index (χ1v) is 10.2. The molecule has 1 fully saturated rings. The van der Waals surface area contributed by atoms with E-state index in [1.807, 2.05) is 42.2 Å². The smallest absolute Gasteiger partial charge is 0.272 e. The fourth-order valence-corrected chi connectivity index (χ4v) is 3.81. The summed E-state index contributed by atoms with van der Waals surface area (Å²) in [7, 11) is 0. The summed E-state index contributed by atoms with van der Waals surface area (Å²) >= 11 is 0. The maximum Gasteiger partial charge on any atom is 0.272 e. The number of rotatable bonds is 6. The van der Waals surface area contributed by atoms with Gasteiger partial charge in [-0.25, -0.2) is 4.98 Å². The summed E-state index contributed by atoms with van der Waals surface area (Å²) in [6.45, 7) is 5.95. The maximum absolute atomic E-state index is 13.0. The molecule has 28 heavy (non-hydrogen) atoms. The van der Waals surface area contributed by atoms with Crippen LogP contribution in [-0.4, -0.2) is 45.7 Å². The summed E-state index contributed by atoms with van der Waals surface area (Å²) in [5.41, 5.74) is 1.76. The Bertz CT molecular complexity index is 807. The summed E-state index contributed by atoms with van der Waals surface area (Å²) in [5.74, 6) is -0.209. The molecule has 0 radical (unpaired) electrons. The average Bonchev–Trinajstić information content (AvgIpc) is 2.77. The van der Waals surface area contributed by atoms with Crippen LogP contribution >= 0.6 is 0 Å². The average molecular weight is 380 g/mol. The number of likely N-dealkylation sites (tertiary alicyclic amines) is 1. The van der Waals surface area contributed by atoms with Crippen molar-refractivity contribution in [3.05, 3.63) is 65.5 Å². The molecular weight excluding hydrogens is 350 g/mol. The van der Waals surface area contributed by atoms with Gasteiger partial charge in [0.05, 0.1) is 0 Å². The van der Waals surface area contributed by atoms with Crippen molar-refractivity contribution in [1.82, 2.24) is 14.8 Å². The molecule has 5 heteroatoms. The molecule has 0 spiro atoms. The van der Waals surface area contributed by atoms with Gasteiger partial charge < -0.3 is 9.80 Å². The van der Waals surface area contributed by atoms with E-state index in [2.05, 4.69) is 11.9 Å². The molecule has 0 saturated carbocycles. The van der Waals surface area contributed by atoms with Gasteiger partial charge in [0.2, 0.25) is 0 Å². The van der Waals surface area contributed by atoms with E-state index in [1.54, 1.807) is 23.1 Å². The fourth-order valence-electron chi connectivity index (χ4n) is 3.81. The van der Waals surface area contributed by atoms with Crippen molar-refractivity contribution in [2.75, 3.05) is 13.1 Å². The van der Waals surface area contributed by atoms with Crippen molar-refractivity contribution < 1.29 is 9.59 Å². The second kappa shape index (κ2) is 9.49. The Morgan fingerprint density at radius 2 is 1.79 bits per heavy atom. The highest BCUT2D eigenvalue weighted by Gasteiger charge is 2.27. The van der Waals surface area contributed by atoms with Gasteiger partial charge >= 0.3 is 0 Å².